The number of para-hydroxylation sites is 1. The third kappa shape index (κ3) is 3.68. The van der Waals surface area contributed by atoms with Crippen molar-refractivity contribution in [1.82, 2.24) is 5.32 Å². The SMILES string of the molecule is CNC(c1cc(F)ccc1Cl)c1ccccc1OC(F)F. The summed E-state index contributed by atoms with van der Waals surface area (Å²) in [5.74, 6) is -0.436. The minimum Gasteiger partial charge on any atom is -0.434 e. The van der Waals surface area contributed by atoms with Gasteiger partial charge in [0.25, 0.3) is 0 Å². The van der Waals surface area contributed by atoms with Crippen LogP contribution in [0.5, 0.6) is 5.75 Å². The van der Waals surface area contributed by atoms with E-state index in [1.54, 1.807) is 25.2 Å². The van der Waals surface area contributed by atoms with Gasteiger partial charge in [-0.25, -0.2) is 4.39 Å². The predicted molar refractivity (Wildman–Crippen MR) is 75.4 cm³/mol. The number of halogens is 4. The van der Waals surface area contributed by atoms with Crippen LogP contribution in [0.3, 0.4) is 0 Å². The van der Waals surface area contributed by atoms with Crippen LogP contribution in [0, 0.1) is 5.82 Å². The maximum absolute atomic E-state index is 13.4. The van der Waals surface area contributed by atoms with E-state index in [0.29, 0.717) is 16.1 Å². The lowest BCUT2D eigenvalue weighted by Crippen LogP contribution is -2.20. The number of benzene rings is 2. The topological polar surface area (TPSA) is 21.3 Å². The van der Waals surface area contributed by atoms with E-state index in [1.165, 1.54) is 24.3 Å². The zero-order valence-electron chi connectivity index (χ0n) is 11.1. The van der Waals surface area contributed by atoms with Crippen molar-refractivity contribution < 1.29 is 17.9 Å². The molecule has 0 aromatic heterocycles. The highest BCUT2D eigenvalue weighted by atomic mass is 35.5. The molecule has 0 aliphatic rings. The number of rotatable bonds is 5. The molecule has 6 heteroatoms. The number of hydrogen-bond acceptors (Lipinski definition) is 2. The summed E-state index contributed by atoms with van der Waals surface area (Å²) in [5, 5.41) is 3.28. The second kappa shape index (κ2) is 6.83. The molecule has 0 saturated heterocycles. The summed E-state index contributed by atoms with van der Waals surface area (Å²) < 4.78 is 42.9. The van der Waals surface area contributed by atoms with Gasteiger partial charge in [0, 0.05) is 10.6 Å². The summed E-state index contributed by atoms with van der Waals surface area (Å²) in [7, 11) is 1.63. The molecule has 0 amide bonds. The molecule has 2 rings (SSSR count). The van der Waals surface area contributed by atoms with Gasteiger partial charge in [-0.2, -0.15) is 8.78 Å². The molecule has 0 spiro atoms. The van der Waals surface area contributed by atoms with E-state index in [4.69, 9.17) is 11.6 Å². The Morgan fingerprint density at radius 2 is 1.81 bits per heavy atom. The number of hydrogen-bond donors (Lipinski definition) is 1. The van der Waals surface area contributed by atoms with E-state index in [9.17, 15) is 13.2 Å². The van der Waals surface area contributed by atoms with Crippen LogP contribution in [0.4, 0.5) is 13.2 Å². The molecular weight excluding hydrogens is 303 g/mol. The van der Waals surface area contributed by atoms with Gasteiger partial charge in [0.05, 0.1) is 6.04 Å². The van der Waals surface area contributed by atoms with Gasteiger partial charge in [0.1, 0.15) is 11.6 Å². The molecule has 0 aliphatic carbocycles. The molecule has 0 radical (unpaired) electrons. The van der Waals surface area contributed by atoms with Gasteiger partial charge in [0.15, 0.2) is 0 Å². The number of ether oxygens (including phenoxy) is 1. The van der Waals surface area contributed by atoms with Gasteiger partial charge < -0.3 is 10.1 Å². The Morgan fingerprint density at radius 3 is 2.48 bits per heavy atom. The molecule has 2 aromatic carbocycles. The van der Waals surface area contributed by atoms with Gasteiger partial charge in [-0.1, -0.05) is 29.8 Å². The van der Waals surface area contributed by atoms with Crippen LogP contribution in [0.15, 0.2) is 42.5 Å². The van der Waals surface area contributed by atoms with E-state index >= 15 is 0 Å². The minimum atomic E-state index is -2.94. The highest BCUT2D eigenvalue weighted by molar-refractivity contribution is 6.31. The molecule has 21 heavy (non-hydrogen) atoms. The summed E-state index contributed by atoms with van der Waals surface area (Å²) in [4.78, 5) is 0. The number of nitrogens with one attached hydrogen (secondary N) is 1. The quantitative estimate of drug-likeness (QED) is 0.883. The summed E-state index contributed by atoms with van der Waals surface area (Å²) in [5.41, 5.74) is 0.900. The fourth-order valence-electron chi connectivity index (χ4n) is 2.14. The van der Waals surface area contributed by atoms with Crippen molar-refractivity contribution in [3.63, 3.8) is 0 Å². The summed E-state index contributed by atoms with van der Waals surface area (Å²) in [6.07, 6.45) is 0. The predicted octanol–water partition coefficient (Wildman–Crippen LogP) is 4.39. The molecule has 1 N–H and O–H groups in total. The average Bonchev–Trinajstić information content (AvgIpc) is 2.44. The Labute approximate surface area is 125 Å². The Kier molecular flexibility index (Phi) is 5.09. The molecule has 0 bridgehead atoms. The first-order valence-corrected chi connectivity index (χ1v) is 6.56. The van der Waals surface area contributed by atoms with E-state index < -0.39 is 18.5 Å². The average molecular weight is 316 g/mol. The van der Waals surface area contributed by atoms with Crippen LogP contribution < -0.4 is 10.1 Å². The van der Waals surface area contributed by atoms with Gasteiger partial charge in [-0.05, 0) is 36.9 Å². The third-order valence-electron chi connectivity index (χ3n) is 3.00. The highest BCUT2D eigenvalue weighted by Crippen LogP contribution is 2.34. The molecule has 2 nitrogen and oxygen atoms in total. The fourth-order valence-corrected chi connectivity index (χ4v) is 2.36. The van der Waals surface area contributed by atoms with Gasteiger partial charge >= 0.3 is 6.61 Å². The minimum absolute atomic E-state index is 0.0205. The van der Waals surface area contributed by atoms with Crippen LogP contribution in [0.2, 0.25) is 5.02 Å². The maximum atomic E-state index is 13.4. The van der Waals surface area contributed by atoms with Crippen molar-refractivity contribution in [2.45, 2.75) is 12.7 Å². The second-order valence-corrected chi connectivity index (χ2v) is 4.71. The van der Waals surface area contributed by atoms with Gasteiger partial charge in [0.2, 0.25) is 0 Å². The van der Waals surface area contributed by atoms with Crippen LogP contribution in [0.25, 0.3) is 0 Å². The third-order valence-corrected chi connectivity index (χ3v) is 3.35. The molecule has 1 atom stereocenters. The van der Waals surface area contributed by atoms with Crippen LogP contribution in [-0.2, 0) is 0 Å². The van der Waals surface area contributed by atoms with Crippen molar-refractivity contribution in [1.29, 1.82) is 0 Å². The summed E-state index contributed by atoms with van der Waals surface area (Å²) in [6.45, 7) is -2.94. The van der Waals surface area contributed by atoms with E-state index in [0.717, 1.165) is 0 Å². The number of alkyl halides is 2. The van der Waals surface area contributed by atoms with Crippen molar-refractivity contribution in [2.24, 2.45) is 0 Å². The fraction of sp³-hybridized carbons (Fsp3) is 0.200. The van der Waals surface area contributed by atoms with Gasteiger partial charge in [-0.3, -0.25) is 0 Å². The Bertz CT molecular complexity index is 622. The summed E-state index contributed by atoms with van der Waals surface area (Å²) >= 11 is 6.08. The zero-order chi connectivity index (χ0) is 15.4. The van der Waals surface area contributed by atoms with Crippen molar-refractivity contribution >= 4 is 11.6 Å². The van der Waals surface area contributed by atoms with Crippen LogP contribution >= 0.6 is 11.6 Å². The van der Waals surface area contributed by atoms with Crippen molar-refractivity contribution in [3.05, 3.63) is 64.4 Å². The molecule has 112 valence electrons. The smallest absolute Gasteiger partial charge is 0.387 e. The van der Waals surface area contributed by atoms with E-state index in [1.807, 2.05) is 0 Å². The second-order valence-electron chi connectivity index (χ2n) is 4.30. The van der Waals surface area contributed by atoms with Crippen LogP contribution in [0.1, 0.15) is 17.2 Å². The Hall–Kier alpha value is -1.72. The lowest BCUT2D eigenvalue weighted by Gasteiger charge is -2.21. The standard InChI is InChI=1S/C15H13ClF3NO/c1-20-14(11-8-9(17)6-7-12(11)16)10-4-2-3-5-13(10)21-15(18)19/h2-8,14-15,20H,1H3. The first-order chi connectivity index (χ1) is 10.0. The van der Waals surface area contributed by atoms with Crippen molar-refractivity contribution in [2.75, 3.05) is 7.05 Å². The monoisotopic (exact) mass is 315 g/mol. The molecule has 2 aromatic rings. The Morgan fingerprint density at radius 1 is 1.10 bits per heavy atom. The Balaban J connectivity index is 2.49. The molecule has 0 heterocycles. The molecule has 0 saturated carbocycles. The zero-order valence-corrected chi connectivity index (χ0v) is 11.9. The normalized spacial score (nSPS) is 12.5. The van der Waals surface area contributed by atoms with Crippen LogP contribution in [-0.4, -0.2) is 13.7 Å². The lowest BCUT2D eigenvalue weighted by atomic mass is 9.98. The molecule has 0 aliphatic heterocycles. The molecular formula is C15H13ClF3NO. The largest absolute Gasteiger partial charge is 0.434 e. The summed E-state index contributed by atoms with van der Waals surface area (Å²) in [6, 6.07) is 9.68. The van der Waals surface area contributed by atoms with Gasteiger partial charge in [-0.15, -0.1) is 0 Å². The molecule has 0 fully saturated rings. The first-order valence-electron chi connectivity index (χ1n) is 6.19. The maximum Gasteiger partial charge on any atom is 0.387 e. The lowest BCUT2D eigenvalue weighted by molar-refractivity contribution is -0.0506. The molecule has 1 unspecified atom stereocenters. The van der Waals surface area contributed by atoms with Crippen molar-refractivity contribution in [3.8, 4) is 5.75 Å². The first kappa shape index (κ1) is 15.7. The van der Waals surface area contributed by atoms with E-state index in [-0.39, 0.29) is 5.75 Å². The van der Waals surface area contributed by atoms with E-state index in [2.05, 4.69) is 10.1 Å². The highest BCUT2D eigenvalue weighted by Gasteiger charge is 2.21.